The average Bonchev–Trinajstić information content (AvgIpc) is 3.60. The van der Waals surface area contributed by atoms with Gasteiger partial charge < -0.3 is 9.88 Å². The van der Waals surface area contributed by atoms with Gasteiger partial charge in [-0.15, -0.1) is 0 Å². The van der Waals surface area contributed by atoms with Crippen LogP contribution in [-0.4, -0.2) is 78.8 Å². The van der Waals surface area contributed by atoms with Crippen molar-refractivity contribution < 1.29 is 18.0 Å². The lowest BCUT2D eigenvalue weighted by Crippen LogP contribution is -2.66. The summed E-state index contributed by atoms with van der Waals surface area (Å²) < 4.78 is 40.9. The highest BCUT2D eigenvalue weighted by Crippen LogP contribution is 2.41. The molecule has 1 aliphatic carbocycles. The third-order valence-corrected chi connectivity index (χ3v) is 8.93. The second-order valence-corrected chi connectivity index (χ2v) is 11.2. The van der Waals surface area contributed by atoms with Crippen LogP contribution in [0.1, 0.15) is 44.9 Å². The number of fused-ring (bicyclic) bond motifs is 1. The van der Waals surface area contributed by atoms with E-state index in [2.05, 4.69) is 31.0 Å². The smallest absolute Gasteiger partial charge is 0.346 e. The van der Waals surface area contributed by atoms with Crippen molar-refractivity contribution >= 4 is 16.9 Å². The predicted molar refractivity (Wildman–Crippen MR) is 136 cm³/mol. The highest BCUT2D eigenvalue weighted by atomic mass is 19.4. The summed E-state index contributed by atoms with van der Waals surface area (Å²) in [4.78, 5) is 29.0. The number of carbonyl (C=O) groups excluding carboxylic acids is 1. The van der Waals surface area contributed by atoms with Crippen LogP contribution in [0.4, 0.5) is 13.2 Å². The van der Waals surface area contributed by atoms with Gasteiger partial charge in [0, 0.05) is 61.5 Å². The molecular weight excluding hydrogens is 509 g/mol. The molecule has 0 bridgehead atoms. The van der Waals surface area contributed by atoms with Gasteiger partial charge in [-0.2, -0.15) is 23.5 Å². The fraction of sp³-hybridized carbons (Fsp3) is 0.593. The summed E-state index contributed by atoms with van der Waals surface area (Å²) in [6.07, 6.45) is 5.65. The van der Waals surface area contributed by atoms with Crippen LogP contribution in [0.3, 0.4) is 0 Å². The number of halogens is 3. The average molecular weight is 541 g/mol. The minimum Gasteiger partial charge on any atom is -0.346 e. The molecule has 0 spiro atoms. The Morgan fingerprint density at radius 2 is 1.87 bits per heavy atom. The van der Waals surface area contributed by atoms with E-state index in [-0.39, 0.29) is 24.7 Å². The number of alkyl halides is 3. The van der Waals surface area contributed by atoms with Crippen molar-refractivity contribution in [3.8, 4) is 17.3 Å². The van der Waals surface area contributed by atoms with Crippen LogP contribution in [0.25, 0.3) is 22.3 Å². The first-order valence-corrected chi connectivity index (χ1v) is 13.6. The second-order valence-electron chi connectivity index (χ2n) is 11.2. The summed E-state index contributed by atoms with van der Waals surface area (Å²) >= 11 is 0. The number of carbonyl (C=O) groups is 1. The van der Waals surface area contributed by atoms with Crippen molar-refractivity contribution in [2.45, 2.75) is 62.7 Å². The molecule has 6 rings (SSSR count). The number of nitrogens with one attached hydrogen (secondary N) is 1. The van der Waals surface area contributed by atoms with Crippen molar-refractivity contribution in [1.82, 2.24) is 34.5 Å². The molecule has 3 fully saturated rings. The molecule has 9 nitrogen and oxygen atoms in total. The fourth-order valence-corrected chi connectivity index (χ4v) is 6.64. The number of amides is 1. The molecule has 1 amide bonds. The molecule has 3 aromatic rings. The lowest BCUT2D eigenvalue weighted by Gasteiger charge is -2.53. The summed E-state index contributed by atoms with van der Waals surface area (Å²) in [7, 11) is 0. The fourth-order valence-electron chi connectivity index (χ4n) is 6.64. The SMILES string of the molecule is N#CCC1(n2cc(-c3ncnc4[nH]ccc34)cn2)CN(C2CCN(C(=O)C3CCC(C(F)(F)F)CC3)CC2)C1. The van der Waals surface area contributed by atoms with Gasteiger partial charge in [0.1, 0.15) is 17.5 Å². The van der Waals surface area contributed by atoms with Crippen molar-refractivity contribution in [1.29, 1.82) is 5.26 Å². The van der Waals surface area contributed by atoms with E-state index in [0.717, 1.165) is 35.1 Å². The van der Waals surface area contributed by atoms with E-state index in [1.807, 2.05) is 28.0 Å². The molecule has 2 aliphatic heterocycles. The molecule has 0 atom stereocenters. The van der Waals surface area contributed by atoms with Crippen LogP contribution >= 0.6 is 0 Å². The van der Waals surface area contributed by atoms with Crippen molar-refractivity contribution in [2.75, 3.05) is 26.2 Å². The normalized spacial score (nSPS) is 24.4. The zero-order chi connectivity index (χ0) is 27.2. The maximum atomic E-state index is 13.0. The Morgan fingerprint density at radius 1 is 1.13 bits per heavy atom. The van der Waals surface area contributed by atoms with E-state index in [1.165, 1.54) is 6.33 Å². The second kappa shape index (κ2) is 9.93. The summed E-state index contributed by atoms with van der Waals surface area (Å²) in [5.41, 5.74) is 2.00. The first-order valence-electron chi connectivity index (χ1n) is 13.6. The summed E-state index contributed by atoms with van der Waals surface area (Å²) in [6.45, 7) is 2.64. The van der Waals surface area contributed by atoms with Crippen LogP contribution in [0, 0.1) is 23.2 Å². The molecule has 1 saturated carbocycles. The quantitative estimate of drug-likeness (QED) is 0.522. The highest BCUT2D eigenvalue weighted by Gasteiger charge is 2.49. The van der Waals surface area contributed by atoms with Gasteiger partial charge in [0.05, 0.1) is 30.3 Å². The van der Waals surface area contributed by atoms with E-state index >= 15 is 0 Å². The van der Waals surface area contributed by atoms with E-state index in [1.54, 1.807) is 6.20 Å². The number of aromatic amines is 1. The Hall–Kier alpha value is -3.46. The largest absolute Gasteiger partial charge is 0.391 e. The number of rotatable bonds is 5. The van der Waals surface area contributed by atoms with E-state index in [4.69, 9.17) is 0 Å². The van der Waals surface area contributed by atoms with Gasteiger partial charge in [-0.25, -0.2) is 9.97 Å². The maximum Gasteiger partial charge on any atom is 0.391 e. The van der Waals surface area contributed by atoms with Crippen LogP contribution in [0.2, 0.25) is 0 Å². The predicted octanol–water partition coefficient (Wildman–Crippen LogP) is 4.11. The lowest BCUT2D eigenvalue weighted by molar-refractivity contribution is -0.185. The van der Waals surface area contributed by atoms with Crippen molar-refractivity contribution in [2.24, 2.45) is 11.8 Å². The maximum absolute atomic E-state index is 13.0. The number of aromatic nitrogens is 5. The Balaban J connectivity index is 1.05. The molecule has 3 aromatic heterocycles. The summed E-state index contributed by atoms with van der Waals surface area (Å²) in [5, 5.41) is 15.1. The van der Waals surface area contributed by atoms with Crippen LogP contribution in [0.15, 0.2) is 31.0 Å². The molecule has 39 heavy (non-hydrogen) atoms. The highest BCUT2D eigenvalue weighted by molar-refractivity contribution is 5.90. The van der Waals surface area contributed by atoms with E-state index in [0.29, 0.717) is 51.5 Å². The monoisotopic (exact) mass is 540 g/mol. The third kappa shape index (κ3) is 4.77. The molecule has 12 heteroatoms. The minimum absolute atomic E-state index is 0.0156. The Kier molecular flexibility index (Phi) is 6.57. The molecule has 0 radical (unpaired) electrons. The number of nitriles is 1. The third-order valence-electron chi connectivity index (χ3n) is 8.93. The Morgan fingerprint density at radius 3 is 2.56 bits per heavy atom. The van der Waals surface area contributed by atoms with Gasteiger partial charge >= 0.3 is 6.18 Å². The topological polar surface area (TPSA) is 107 Å². The molecular formula is C27H31F3N8O. The van der Waals surface area contributed by atoms with Crippen LogP contribution < -0.4 is 0 Å². The van der Waals surface area contributed by atoms with E-state index in [9.17, 15) is 23.2 Å². The van der Waals surface area contributed by atoms with Gasteiger partial charge in [-0.1, -0.05) is 0 Å². The molecule has 3 aliphatic rings. The van der Waals surface area contributed by atoms with Crippen LogP contribution in [0.5, 0.6) is 0 Å². The summed E-state index contributed by atoms with van der Waals surface area (Å²) in [5.74, 6) is -1.54. The first kappa shape index (κ1) is 25.8. The zero-order valence-corrected chi connectivity index (χ0v) is 21.6. The van der Waals surface area contributed by atoms with Gasteiger partial charge in [0.2, 0.25) is 5.91 Å². The van der Waals surface area contributed by atoms with E-state index < -0.39 is 17.6 Å². The molecule has 0 aromatic carbocycles. The minimum atomic E-state index is -4.16. The number of piperidine rings is 1. The van der Waals surface area contributed by atoms with Gasteiger partial charge in [-0.3, -0.25) is 14.4 Å². The molecule has 1 N–H and O–H groups in total. The zero-order valence-electron chi connectivity index (χ0n) is 21.6. The Bertz CT molecular complexity index is 1370. The summed E-state index contributed by atoms with van der Waals surface area (Å²) in [6, 6.07) is 4.57. The molecule has 5 heterocycles. The first-order chi connectivity index (χ1) is 18.8. The molecule has 2 saturated heterocycles. The lowest BCUT2D eigenvalue weighted by atomic mass is 9.80. The number of hydrogen-bond acceptors (Lipinski definition) is 6. The number of nitrogens with zero attached hydrogens (tertiary/aromatic N) is 7. The van der Waals surface area contributed by atoms with Crippen LogP contribution in [-0.2, 0) is 10.3 Å². The van der Waals surface area contributed by atoms with Gasteiger partial charge in [0.25, 0.3) is 0 Å². The molecule has 0 unspecified atom stereocenters. The molecule has 206 valence electrons. The van der Waals surface area contributed by atoms with Crippen molar-refractivity contribution in [3.63, 3.8) is 0 Å². The van der Waals surface area contributed by atoms with Gasteiger partial charge in [0.15, 0.2) is 0 Å². The van der Waals surface area contributed by atoms with Gasteiger partial charge in [-0.05, 0) is 44.6 Å². The standard InChI is InChI=1S/C27H31F3N8O/c28-27(29,30)20-3-1-18(2-4-20)25(39)36-11-6-21(7-12-36)37-15-26(16-37,8-9-31)38-14-19(13-35-38)23-22-5-10-32-24(22)34-17-33-23/h5,10,13-14,17-18,20-21H,1-4,6-8,11-12,15-16H2,(H,32,33,34). The number of likely N-dealkylation sites (tertiary alicyclic amines) is 2. The van der Waals surface area contributed by atoms with Crippen molar-refractivity contribution in [3.05, 3.63) is 31.0 Å². The number of H-pyrrole nitrogens is 1. The number of hydrogen-bond donors (Lipinski definition) is 1. The Labute approximate surface area is 224 Å².